The molecule has 11 heteroatoms. The van der Waals surface area contributed by atoms with Crippen LogP contribution < -0.4 is 14.8 Å². The van der Waals surface area contributed by atoms with E-state index in [-0.39, 0.29) is 26.6 Å². The number of anilines is 1. The summed E-state index contributed by atoms with van der Waals surface area (Å²) in [5.74, 6) is 0.173. The van der Waals surface area contributed by atoms with Gasteiger partial charge in [0.1, 0.15) is 5.75 Å². The molecule has 0 saturated carbocycles. The van der Waals surface area contributed by atoms with Gasteiger partial charge in [0.2, 0.25) is 9.47 Å². The van der Waals surface area contributed by atoms with Crippen LogP contribution in [0.4, 0.5) is 5.13 Å². The van der Waals surface area contributed by atoms with Gasteiger partial charge < -0.3 is 4.74 Å². The molecule has 0 aliphatic rings. The lowest BCUT2D eigenvalue weighted by molar-refractivity contribution is 0.102. The van der Waals surface area contributed by atoms with Gasteiger partial charge in [-0.3, -0.25) is 10.1 Å². The van der Waals surface area contributed by atoms with Crippen LogP contribution in [-0.2, 0) is 16.6 Å². The molecule has 1 heterocycles. The van der Waals surface area contributed by atoms with Crippen LogP contribution in [0.3, 0.4) is 0 Å². The van der Waals surface area contributed by atoms with Crippen LogP contribution in [0, 0.1) is 0 Å². The van der Waals surface area contributed by atoms with Gasteiger partial charge in [-0.1, -0.05) is 47.2 Å². The molecule has 2 aromatic carbocycles. The zero-order chi connectivity index (χ0) is 20.1. The van der Waals surface area contributed by atoms with Gasteiger partial charge >= 0.3 is 0 Å². The fourth-order valence-electron chi connectivity index (χ4n) is 2.16. The third kappa shape index (κ3) is 4.84. The van der Waals surface area contributed by atoms with E-state index in [4.69, 9.17) is 16.3 Å². The average molecular weight is 439 g/mol. The minimum absolute atomic E-state index is 0.0507. The molecule has 1 amide bonds. The molecule has 0 saturated heterocycles. The SMILES string of the molecule is COc1ccc(CNS(=O)(=O)c2nnc(NC(=O)c3ccccc3Cl)s2)cc1. The van der Waals surface area contributed by atoms with Gasteiger partial charge in [-0.25, -0.2) is 13.1 Å². The molecule has 0 bridgehead atoms. The van der Waals surface area contributed by atoms with Crippen LogP contribution in [0.15, 0.2) is 52.9 Å². The maximum Gasteiger partial charge on any atom is 0.270 e. The third-order valence-electron chi connectivity index (χ3n) is 3.60. The molecular weight excluding hydrogens is 424 g/mol. The number of rotatable bonds is 7. The Kier molecular flexibility index (Phi) is 6.25. The molecule has 3 rings (SSSR count). The summed E-state index contributed by atoms with van der Waals surface area (Å²) < 4.78 is 32.0. The smallest absolute Gasteiger partial charge is 0.270 e. The molecule has 0 spiro atoms. The molecule has 2 N–H and O–H groups in total. The number of carbonyl (C=O) groups excluding carboxylic acids is 1. The van der Waals surface area contributed by atoms with Gasteiger partial charge in [0, 0.05) is 6.54 Å². The lowest BCUT2D eigenvalue weighted by Crippen LogP contribution is -2.23. The summed E-state index contributed by atoms with van der Waals surface area (Å²) in [7, 11) is -2.32. The van der Waals surface area contributed by atoms with E-state index in [0.29, 0.717) is 5.75 Å². The van der Waals surface area contributed by atoms with Crippen molar-refractivity contribution in [3.8, 4) is 5.75 Å². The average Bonchev–Trinajstić information content (AvgIpc) is 3.16. The van der Waals surface area contributed by atoms with Gasteiger partial charge in [0.05, 0.1) is 17.7 Å². The van der Waals surface area contributed by atoms with Crippen LogP contribution in [0.2, 0.25) is 5.02 Å². The highest BCUT2D eigenvalue weighted by atomic mass is 35.5. The highest BCUT2D eigenvalue weighted by Crippen LogP contribution is 2.22. The summed E-state index contributed by atoms with van der Waals surface area (Å²) in [6.07, 6.45) is 0. The number of benzene rings is 2. The van der Waals surface area contributed by atoms with Gasteiger partial charge in [0.25, 0.3) is 15.9 Å². The number of carbonyl (C=O) groups is 1. The zero-order valence-electron chi connectivity index (χ0n) is 14.5. The molecule has 0 fully saturated rings. The van der Waals surface area contributed by atoms with E-state index in [1.165, 1.54) is 0 Å². The molecule has 28 heavy (non-hydrogen) atoms. The van der Waals surface area contributed by atoms with Crippen molar-refractivity contribution in [2.24, 2.45) is 0 Å². The van der Waals surface area contributed by atoms with Gasteiger partial charge in [-0.2, -0.15) is 0 Å². The van der Waals surface area contributed by atoms with Crippen LogP contribution in [0.1, 0.15) is 15.9 Å². The van der Waals surface area contributed by atoms with E-state index in [2.05, 4.69) is 20.2 Å². The van der Waals surface area contributed by atoms with Gasteiger partial charge in [-0.05, 0) is 29.8 Å². The number of halogens is 1. The summed E-state index contributed by atoms with van der Waals surface area (Å²) in [6, 6.07) is 13.5. The molecule has 3 aromatic rings. The van der Waals surface area contributed by atoms with E-state index in [1.807, 2.05) is 0 Å². The minimum atomic E-state index is -3.88. The summed E-state index contributed by atoms with van der Waals surface area (Å²) in [6.45, 7) is 0.0766. The Morgan fingerprint density at radius 3 is 2.54 bits per heavy atom. The Bertz CT molecular complexity index is 1080. The molecular formula is C17H15ClN4O4S2. The second-order valence-corrected chi connectivity index (χ2v) is 8.81. The normalized spacial score (nSPS) is 11.2. The Morgan fingerprint density at radius 2 is 1.86 bits per heavy atom. The van der Waals surface area contributed by atoms with Crippen molar-refractivity contribution >= 4 is 44.0 Å². The number of methoxy groups -OCH3 is 1. The van der Waals surface area contributed by atoms with Gasteiger partial charge in [-0.15, -0.1) is 10.2 Å². The topological polar surface area (TPSA) is 110 Å². The first-order valence-corrected chi connectivity index (χ1v) is 10.6. The molecule has 0 radical (unpaired) electrons. The van der Waals surface area contributed by atoms with Crippen molar-refractivity contribution in [2.75, 3.05) is 12.4 Å². The van der Waals surface area contributed by atoms with Crippen LogP contribution >= 0.6 is 22.9 Å². The van der Waals surface area contributed by atoms with Crippen molar-refractivity contribution in [1.82, 2.24) is 14.9 Å². The van der Waals surface area contributed by atoms with Crippen molar-refractivity contribution in [2.45, 2.75) is 10.9 Å². The van der Waals surface area contributed by atoms with Crippen LogP contribution in [0.5, 0.6) is 5.75 Å². The maximum absolute atomic E-state index is 12.4. The molecule has 1 aromatic heterocycles. The summed E-state index contributed by atoms with van der Waals surface area (Å²) >= 11 is 6.72. The Hall–Kier alpha value is -2.53. The van der Waals surface area contributed by atoms with Crippen molar-refractivity contribution < 1.29 is 17.9 Å². The minimum Gasteiger partial charge on any atom is -0.497 e. The second kappa shape index (κ2) is 8.65. The lowest BCUT2D eigenvalue weighted by atomic mass is 10.2. The molecule has 0 aliphatic heterocycles. The third-order valence-corrected chi connectivity index (χ3v) is 6.54. The number of hydrogen-bond donors (Lipinski definition) is 2. The van der Waals surface area contributed by atoms with Crippen LogP contribution in [0.25, 0.3) is 0 Å². The fraction of sp³-hybridized carbons (Fsp3) is 0.118. The lowest BCUT2D eigenvalue weighted by Gasteiger charge is -2.05. The van der Waals surface area contributed by atoms with E-state index in [9.17, 15) is 13.2 Å². The molecule has 0 atom stereocenters. The number of nitrogens with one attached hydrogen (secondary N) is 2. The molecule has 0 aliphatic carbocycles. The number of sulfonamides is 1. The van der Waals surface area contributed by atoms with Gasteiger partial charge in [0.15, 0.2) is 0 Å². The summed E-state index contributed by atoms with van der Waals surface area (Å²) in [5, 5.41) is 10.2. The quantitative estimate of drug-likeness (QED) is 0.549. The highest BCUT2D eigenvalue weighted by Gasteiger charge is 2.21. The highest BCUT2D eigenvalue weighted by molar-refractivity contribution is 7.91. The van der Waals surface area contributed by atoms with E-state index >= 15 is 0 Å². The monoisotopic (exact) mass is 438 g/mol. The Morgan fingerprint density at radius 1 is 1.14 bits per heavy atom. The standard InChI is InChI=1S/C17H15ClN4O4S2/c1-26-12-8-6-11(7-9-12)10-19-28(24,25)17-22-21-16(27-17)20-15(23)13-4-2-3-5-14(13)18/h2-9,19H,10H2,1H3,(H,20,21,23). The first kappa shape index (κ1) is 20.2. The summed E-state index contributed by atoms with van der Waals surface area (Å²) in [5.41, 5.74) is 1.00. The molecule has 146 valence electrons. The van der Waals surface area contributed by atoms with Crippen molar-refractivity contribution in [3.05, 3.63) is 64.7 Å². The van der Waals surface area contributed by atoms with Crippen LogP contribution in [-0.4, -0.2) is 31.6 Å². The van der Waals surface area contributed by atoms with E-state index < -0.39 is 15.9 Å². The number of aromatic nitrogens is 2. The van der Waals surface area contributed by atoms with Crippen molar-refractivity contribution in [3.63, 3.8) is 0 Å². The predicted octanol–water partition coefficient (Wildman–Crippen LogP) is 2.93. The van der Waals surface area contributed by atoms with E-state index in [0.717, 1.165) is 16.9 Å². The number of hydrogen-bond acceptors (Lipinski definition) is 7. The first-order valence-electron chi connectivity index (χ1n) is 7.91. The Labute approximate surface area is 170 Å². The number of ether oxygens (including phenoxy) is 1. The largest absolute Gasteiger partial charge is 0.497 e. The number of nitrogens with zero attached hydrogens (tertiary/aromatic N) is 2. The zero-order valence-corrected chi connectivity index (χ0v) is 16.9. The van der Waals surface area contributed by atoms with Crippen molar-refractivity contribution in [1.29, 1.82) is 0 Å². The fourth-order valence-corrected chi connectivity index (χ4v) is 4.34. The van der Waals surface area contributed by atoms with E-state index in [1.54, 1.807) is 55.6 Å². The molecule has 8 nitrogen and oxygen atoms in total. The summed E-state index contributed by atoms with van der Waals surface area (Å²) in [4.78, 5) is 12.2. The Balaban J connectivity index is 1.66. The number of amides is 1. The second-order valence-electron chi connectivity index (χ2n) is 5.48. The maximum atomic E-state index is 12.4. The first-order chi connectivity index (χ1) is 13.4. The molecule has 0 unspecified atom stereocenters. The predicted molar refractivity (Wildman–Crippen MR) is 106 cm³/mol.